The van der Waals surface area contributed by atoms with E-state index in [-0.39, 0.29) is 5.69 Å². The van der Waals surface area contributed by atoms with Crippen molar-refractivity contribution in [3.05, 3.63) is 53.5 Å². The summed E-state index contributed by atoms with van der Waals surface area (Å²) in [5.74, 6) is -2.54. The number of ether oxygens (including phenoxy) is 1. The number of methoxy groups -OCH3 is 1. The van der Waals surface area contributed by atoms with Gasteiger partial charge in [-0.05, 0) is 24.3 Å². The number of aromatic nitrogens is 2. The monoisotopic (exact) mass is 488 g/mol. The fraction of sp³-hybridized carbons (Fsp3) is 0.389. The predicted octanol–water partition coefficient (Wildman–Crippen LogP) is 4.57. The lowest BCUT2D eigenvalue weighted by atomic mass is 9.92. The lowest BCUT2D eigenvalue weighted by Crippen LogP contribution is -2.41. The van der Waals surface area contributed by atoms with Gasteiger partial charge in [0, 0.05) is 19.5 Å². The van der Waals surface area contributed by atoms with E-state index in [1.807, 2.05) is 0 Å². The van der Waals surface area contributed by atoms with Gasteiger partial charge < -0.3 is 9.84 Å². The molecule has 33 heavy (non-hydrogen) atoms. The zero-order valence-corrected chi connectivity index (χ0v) is 16.2. The molecule has 0 saturated carbocycles. The predicted molar refractivity (Wildman–Crippen MR) is 93.7 cm³/mol. The smallest absolute Gasteiger partial charge is 0.374 e. The molecule has 1 N–H and O–H groups in total. The molecule has 180 valence electrons. The van der Waals surface area contributed by atoms with E-state index >= 15 is 0 Å². The van der Waals surface area contributed by atoms with Crippen molar-refractivity contribution in [2.24, 2.45) is 11.0 Å². The van der Waals surface area contributed by atoms with Gasteiger partial charge in [-0.1, -0.05) is 0 Å². The average Bonchev–Trinajstić information content (AvgIpc) is 3.05. The Morgan fingerprint density at radius 3 is 1.79 bits per heavy atom. The number of nitrogens with zero attached hydrogens (tertiary/aromatic N) is 4. The van der Waals surface area contributed by atoms with Gasteiger partial charge in [0.2, 0.25) is 0 Å². The normalized spacial score (nSPS) is 20.7. The quantitative estimate of drug-likeness (QED) is 0.639. The summed E-state index contributed by atoms with van der Waals surface area (Å²) in [5.41, 5.74) is -4.28. The fourth-order valence-corrected chi connectivity index (χ4v) is 3.15. The van der Waals surface area contributed by atoms with Crippen molar-refractivity contribution in [2.45, 2.75) is 30.9 Å². The van der Waals surface area contributed by atoms with Crippen LogP contribution in [0.25, 0.3) is 0 Å². The lowest BCUT2D eigenvalue weighted by Gasteiger charge is -2.28. The molecule has 0 fully saturated rings. The number of anilines is 1. The number of aliphatic hydroxyl groups is 1. The largest absolute Gasteiger partial charge is 0.431 e. The van der Waals surface area contributed by atoms with Crippen LogP contribution in [0.1, 0.15) is 22.9 Å². The van der Waals surface area contributed by atoms with Crippen LogP contribution in [0.4, 0.5) is 45.3 Å². The Morgan fingerprint density at radius 1 is 0.848 bits per heavy atom. The van der Waals surface area contributed by atoms with Crippen molar-refractivity contribution in [2.75, 3.05) is 12.1 Å². The number of hydrogen-bond donors (Lipinski definition) is 1. The molecular weight excluding hydrogens is 475 g/mol. The van der Waals surface area contributed by atoms with Gasteiger partial charge in [-0.15, -0.1) is 0 Å². The summed E-state index contributed by atoms with van der Waals surface area (Å²) in [4.78, 5) is 6.93. The molecule has 2 aromatic rings. The molecule has 1 aliphatic heterocycles. The number of hydrogen-bond acceptors (Lipinski definition) is 6. The highest BCUT2D eigenvalue weighted by molar-refractivity contribution is 5.95. The minimum Gasteiger partial charge on any atom is -0.374 e. The maximum absolute atomic E-state index is 13.7. The van der Waals surface area contributed by atoms with Gasteiger partial charge in [0.25, 0.3) is 0 Å². The van der Waals surface area contributed by atoms with Crippen molar-refractivity contribution in [1.82, 2.24) is 9.97 Å². The Balaban J connectivity index is 1.99. The fourth-order valence-electron chi connectivity index (χ4n) is 3.15. The van der Waals surface area contributed by atoms with E-state index in [1.165, 1.54) is 0 Å². The highest BCUT2D eigenvalue weighted by Crippen LogP contribution is 2.41. The summed E-state index contributed by atoms with van der Waals surface area (Å²) in [6.07, 6.45) is -17.7. The standard InChI is InChI=1S/C18H13F9N4O2/c1-33-13(10-4-2-8(6-28-10)16(19,20)21)12-14(18(25,26)27)30-31(15(12)32)11-5-3-9(7-29-11)17(22,23)24/h2-7,12-13,15,32H,1H3. The molecule has 3 unspecified atom stereocenters. The van der Waals surface area contributed by atoms with Crippen LogP contribution in [-0.4, -0.2) is 40.3 Å². The van der Waals surface area contributed by atoms with E-state index in [9.17, 15) is 44.6 Å². The molecule has 0 saturated heterocycles. The number of alkyl halides is 9. The highest BCUT2D eigenvalue weighted by atomic mass is 19.4. The Hall–Kier alpha value is -2.94. The van der Waals surface area contributed by atoms with Gasteiger partial charge >= 0.3 is 18.5 Å². The molecule has 0 amide bonds. The highest BCUT2D eigenvalue weighted by Gasteiger charge is 2.54. The molecule has 3 rings (SSSR count). The Kier molecular flexibility index (Phi) is 6.32. The number of pyridine rings is 2. The summed E-state index contributed by atoms with van der Waals surface area (Å²) in [6, 6.07) is 2.62. The zero-order valence-electron chi connectivity index (χ0n) is 16.2. The van der Waals surface area contributed by atoms with Gasteiger partial charge in [-0.3, -0.25) is 4.98 Å². The zero-order chi connectivity index (χ0) is 24.8. The summed E-state index contributed by atoms with van der Waals surface area (Å²) >= 11 is 0. The topological polar surface area (TPSA) is 70.8 Å². The second-order valence-corrected chi connectivity index (χ2v) is 6.80. The Morgan fingerprint density at radius 2 is 1.39 bits per heavy atom. The molecular formula is C18H13F9N4O2. The second-order valence-electron chi connectivity index (χ2n) is 6.80. The maximum atomic E-state index is 13.7. The number of aliphatic hydroxyl groups excluding tert-OH is 1. The summed E-state index contributed by atoms with van der Waals surface area (Å²) in [6.45, 7) is 0. The number of halogens is 9. The first-order chi connectivity index (χ1) is 15.1. The van der Waals surface area contributed by atoms with Gasteiger partial charge in [0.05, 0.1) is 22.7 Å². The van der Waals surface area contributed by atoms with Crippen LogP contribution < -0.4 is 5.01 Å². The summed E-state index contributed by atoms with van der Waals surface area (Å²) in [7, 11) is 0.948. The van der Waals surface area contributed by atoms with Gasteiger partial charge in [0.15, 0.2) is 17.8 Å². The van der Waals surface area contributed by atoms with Crippen LogP contribution in [0.3, 0.4) is 0 Å². The van der Waals surface area contributed by atoms with E-state index in [0.29, 0.717) is 35.6 Å². The molecule has 0 aromatic carbocycles. The first kappa shape index (κ1) is 24.7. The van der Waals surface area contributed by atoms with Crippen molar-refractivity contribution in [3.63, 3.8) is 0 Å². The minimum absolute atomic E-state index is 0.351. The number of hydrazone groups is 1. The van der Waals surface area contributed by atoms with E-state index in [1.54, 1.807) is 0 Å². The van der Waals surface area contributed by atoms with Crippen LogP contribution >= 0.6 is 0 Å². The third-order valence-corrected chi connectivity index (χ3v) is 4.69. The SMILES string of the molecule is COC(c1ccc(C(F)(F)F)cn1)C1C(C(F)(F)F)=NN(c2ccc(C(F)(F)F)cn2)C1O. The molecule has 6 nitrogen and oxygen atoms in total. The van der Waals surface area contributed by atoms with Gasteiger partial charge in [0.1, 0.15) is 6.10 Å². The first-order valence-corrected chi connectivity index (χ1v) is 8.86. The van der Waals surface area contributed by atoms with Crippen molar-refractivity contribution < 1.29 is 49.4 Å². The molecule has 0 aliphatic carbocycles. The Bertz CT molecular complexity index is 1000. The molecule has 0 radical (unpaired) electrons. The molecule has 2 aromatic heterocycles. The summed E-state index contributed by atoms with van der Waals surface area (Å²) in [5, 5.41) is 14.2. The van der Waals surface area contributed by atoms with Crippen molar-refractivity contribution in [3.8, 4) is 0 Å². The van der Waals surface area contributed by atoms with E-state index < -0.39 is 59.4 Å². The molecule has 15 heteroatoms. The van der Waals surface area contributed by atoms with E-state index in [4.69, 9.17) is 4.74 Å². The molecule has 0 spiro atoms. The van der Waals surface area contributed by atoms with Crippen LogP contribution in [0.2, 0.25) is 0 Å². The van der Waals surface area contributed by atoms with Crippen molar-refractivity contribution in [1.29, 1.82) is 0 Å². The summed E-state index contributed by atoms with van der Waals surface area (Å²) < 4.78 is 122. The maximum Gasteiger partial charge on any atom is 0.431 e. The van der Waals surface area contributed by atoms with Crippen LogP contribution in [0, 0.1) is 5.92 Å². The van der Waals surface area contributed by atoms with E-state index in [0.717, 1.165) is 13.2 Å². The van der Waals surface area contributed by atoms with Crippen LogP contribution in [0.15, 0.2) is 41.8 Å². The first-order valence-electron chi connectivity index (χ1n) is 8.86. The van der Waals surface area contributed by atoms with Crippen LogP contribution in [-0.2, 0) is 17.1 Å². The molecule has 1 aliphatic rings. The lowest BCUT2D eigenvalue weighted by molar-refractivity contribution is -0.138. The third kappa shape index (κ3) is 5.03. The minimum atomic E-state index is -5.13. The average molecular weight is 488 g/mol. The van der Waals surface area contributed by atoms with E-state index in [2.05, 4.69) is 15.1 Å². The van der Waals surface area contributed by atoms with Crippen molar-refractivity contribution >= 4 is 11.5 Å². The molecule has 0 bridgehead atoms. The third-order valence-electron chi connectivity index (χ3n) is 4.69. The molecule has 3 atom stereocenters. The van der Waals surface area contributed by atoms with Gasteiger partial charge in [-0.25, -0.2) is 9.99 Å². The Labute approximate surface area is 179 Å². The van der Waals surface area contributed by atoms with Crippen LogP contribution in [0.5, 0.6) is 0 Å². The second kappa shape index (κ2) is 8.44. The van der Waals surface area contributed by atoms with Gasteiger partial charge in [-0.2, -0.15) is 44.6 Å². The molecule has 3 heterocycles. The number of rotatable bonds is 4.